The van der Waals surface area contributed by atoms with Crippen LogP contribution in [0.4, 0.5) is 0 Å². The summed E-state index contributed by atoms with van der Waals surface area (Å²) in [6.45, 7) is 7.93. The maximum absolute atomic E-state index is 6.23. The van der Waals surface area contributed by atoms with Crippen molar-refractivity contribution >= 4 is 11.6 Å². The van der Waals surface area contributed by atoms with E-state index in [1.54, 1.807) is 0 Å². The maximum Gasteiger partial charge on any atom is 0.150 e. The molecule has 0 N–H and O–H groups in total. The molecule has 1 saturated heterocycles. The van der Waals surface area contributed by atoms with Gasteiger partial charge in [-0.1, -0.05) is 35.0 Å². The van der Waals surface area contributed by atoms with Crippen LogP contribution in [-0.4, -0.2) is 41.1 Å². The van der Waals surface area contributed by atoms with Gasteiger partial charge in [0.2, 0.25) is 0 Å². The minimum absolute atomic E-state index is 0.848. The highest BCUT2D eigenvalue weighted by Gasteiger charge is 2.18. The molecule has 1 aromatic carbocycles. The summed E-state index contributed by atoms with van der Waals surface area (Å²) in [5, 5.41) is 4.79. The highest BCUT2D eigenvalue weighted by Crippen LogP contribution is 2.18. The molecule has 1 aliphatic rings. The number of halogens is 1. The fraction of sp³-hybridized carbons (Fsp3) is 0.438. The van der Waals surface area contributed by atoms with Crippen LogP contribution in [0.3, 0.4) is 0 Å². The second-order valence-corrected chi connectivity index (χ2v) is 5.99. The van der Waals surface area contributed by atoms with Crippen LogP contribution in [0.1, 0.15) is 17.0 Å². The van der Waals surface area contributed by atoms with Gasteiger partial charge in [0.25, 0.3) is 0 Å². The van der Waals surface area contributed by atoms with Gasteiger partial charge in [0.15, 0.2) is 5.76 Å². The fourth-order valence-corrected chi connectivity index (χ4v) is 2.88. The third-order valence-corrected chi connectivity index (χ3v) is 4.24. The predicted octanol–water partition coefficient (Wildman–Crippen LogP) is 2.95. The Morgan fingerprint density at radius 3 is 2.38 bits per heavy atom. The first kappa shape index (κ1) is 14.6. The molecule has 3 rings (SSSR count). The highest BCUT2D eigenvalue weighted by molar-refractivity contribution is 6.31. The van der Waals surface area contributed by atoms with E-state index >= 15 is 0 Å². The first-order valence-corrected chi connectivity index (χ1v) is 7.69. The number of nitrogens with zero attached hydrogens (tertiary/aromatic N) is 3. The molecule has 0 atom stereocenters. The summed E-state index contributed by atoms with van der Waals surface area (Å²) in [5.41, 5.74) is 2.15. The summed E-state index contributed by atoms with van der Waals surface area (Å²) >= 11 is 6.23. The van der Waals surface area contributed by atoms with Gasteiger partial charge in [-0.2, -0.15) is 0 Å². The second-order valence-electron chi connectivity index (χ2n) is 5.58. The zero-order valence-corrected chi connectivity index (χ0v) is 13.0. The molecule has 0 bridgehead atoms. The lowest BCUT2D eigenvalue weighted by Gasteiger charge is -2.34. The van der Waals surface area contributed by atoms with Crippen LogP contribution in [0, 0.1) is 6.92 Å². The van der Waals surface area contributed by atoms with Crippen LogP contribution in [0.2, 0.25) is 5.02 Å². The standard InChI is InChI=1S/C16H20ClN3O/c1-13-10-15(21-18-13)12-20-8-6-19(7-9-20)11-14-4-2-3-5-16(14)17/h2-5,10H,6-9,11-12H2,1H3. The lowest BCUT2D eigenvalue weighted by molar-refractivity contribution is 0.114. The maximum atomic E-state index is 6.23. The van der Waals surface area contributed by atoms with Gasteiger partial charge in [-0.3, -0.25) is 9.80 Å². The quantitative estimate of drug-likeness (QED) is 0.869. The SMILES string of the molecule is Cc1cc(CN2CCN(Cc3ccccc3Cl)CC2)on1. The molecule has 2 aromatic rings. The second kappa shape index (κ2) is 6.60. The first-order valence-electron chi connectivity index (χ1n) is 7.31. The van der Waals surface area contributed by atoms with Gasteiger partial charge < -0.3 is 4.52 Å². The predicted molar refractivity (Wildman–Crippen MR) is 83.2 cm³/mol. The van der Waals surface area contributed by atoms with E-state index in [1.165, 1.54) is 5.56 Å². The summed E-state index contributed by atoms with van der Waals surface area (Å²) in [5.74, 6) is 0.951. The smallest absolute Gasteiger partial charge is 0.150 e. The minimum atomic E-state index is 0.848. The van der Waals surface area contributed by atoms with E-state index in [4.69, 9.17) is 16.1 Å². The molecule has 21 heavy (non-hydrogen) atoms. The lowest BCUT2D eigenvalue weighted by atomic mass is 10.2. The van der Waals surface area contributed by atoms with Crippen molar-refractivity contribution in [3.63, 3.8) is 0 Å². The molecular weight excluding hydrogens is 286 g/mol. The highest BCUT2D eigenvalue weighted by atomic mass is 35.5. The Morgan fingerprint density at radius 1 is 1.10 bits per heavy atom. The average molecular weight is 306 g/mol. The van der Waals surface area contributed by atoms with Crippen molar-refractivity contribution in [2.45, 2.75) is 20.0 Å². The van der Waals surface area contributed by atoms with Crippen molar-refractivity contribution in [1.29, 1.82) is 0 Å². The van der Waals surface area contributed by atoms with Gasteiger partial charge in [-0.05, 0) is 18.6 Å². The van der Waals surface area contributed by atoms with Gasteiger partial charge in [0.05, 0.1) is 12.2 Å². The number of aryl methyl sites for hydroxylation is 1. The van der Waals surface area contributed by atoms with E-state index in [2.05, 4.69) is 21.0 Å². The number of piperazine rings is 1. The minimum Gasteiger partial charge on any atom is -0.360 e. The molecule has 0 aliphatic carbocycles. The van der Waals surface area contributed by atoms with E-state index in [0.717, 1.165) is 55.7 Å². The molecule has 1 aliphatic heterocycles. The van der Waals surface area contributed by atoms with Gasteiger partial charge in [-0.25, -0.2) is 0 Å². The van der Waals surface area contributed by atoms with Crippen LogP contribution < -0.4 is 0 Å². The number of hydrogen-bond donors (Lipinski definition) is 0. The third-order valence-electron chi connectivity index (χ3n) is 3.87. The van der Waals surface area contributed by atoms with Gasteiger partial charge >= 0.3 is 0 Å². The monoisotopic (exact) mass is 305 g/mol. The molecule has 0 radical (unpaired) electrons. The van der Waals surface area contributed by atoms with Crippen molar-refractivity contribution in [2.75, 3.05) is 26.2 Å². The first-order chi connectivity index (χ1) is 10.2. The van der Waals surface area contributed by atoms with Crippen LogP contribution in [0.15, 0.2) is 34.9 Å². The molecule has 0 unspecified atom stereocenters. The Hall–Kier alpha value is -1.36. The van der Waals surface area contributed by atoms with Crippen molar-refractivity contribution in [3.8, 4) is 0 Å². The zero-order chi connectivity index (χ0) is 14.7. The Bertz CT molecular complexity index is 591. The summed E-state index contributed by atoms with van der Waals surface area (Å²) < 4.78 is 5.28. The molecule has 112 valence electrons. The molecule has 0 amide bonds. The molecule has 1 fully saturated rings. The molecule has 0 saturated carbocycles. The van der Waals surface area contributed by atoms with E-state index in [-0.39, 0.29) is 0 Å². The Balaban J connectivity index is 1.50. The van der Waals surface area contributed by atoms with Crippen molar-refractivity contribution in [3.05, 3.63) is 52.4 Å². The van der Waals surface area contributed by atoms with E-state index in [0.29, 0.717) is 0 Å². The molecule has 5 heteroatoms. The average Bonchev–Trinajstić information content (AvgIpc) is 2.89. The van der Waals surface area contributed by atoms with E-state index < -0.39 is 0 Å². The van der Waals surface area contributed by atoms with Gasteiger partial charge in [0, 0.05) is 43.8 Å². The molecular formula is C16H20ClN3O. The fourth-order valence-electron chi connectivity index (χ4n) is 2.68. The molecule has 2 heterocycles. The topological polar surface area (TPSA) is 32.5 Å². The van der Waals surface area contributed by atoms with Crippen LogP contribution in [0.25, 0.3) is 0 Å². The molecule has 0 spiro atoms. The van der Waals surface area contributed by atoms with Crippen molar-refractivity contribution in [1.82, 2.24) is 15.0 Å². The molecule has 1 aromatic heterocycles. The summed E-state index contributed by atoms with van der Waals surface area (Å²) in [6.07, 6.45) is 0. The van der Waals surface area contributed by atoms with Crippen LogP contribution in [0.5, 0.6) is 0 Å². The number of benzene rings is 1. The summed E-state index contributed by atoms with van der Waals surface area (Å²) in [4.78, 5) is 4.85. The van der Waals surface area contributed by atoms with E-state index in [9.17, 15) is 0 Å². The van der Waals surface area contributed by atoms with Crippen molar-refractivity contribution < 1.29 is 4.52 Å². The summed E-state index contributed by atoms with van der Waals surface area (Å²) in [6, 6.07) is 10.1. The van der Waals surface area contributed by atoms with Crippen LogP contribution in [-0.2, 0) is 13.1 Å². The third kappa shape index (κ3) is 3.84. The van der Waals surface area contributed by atoms with Gasteiger partial charge in [0.1, 0.15) is 0 Å². The number of hydrogen-bond acceptors (Lipinski definition) is 4. The zero-order valence-electron chi connectivity index (χ0n) is 12.3. The van der Waals surface area contributed by atoms with Gasteiger partial charge in [-0.15, -0.1) is 0 Å². The Labute approximate surface area is 130 Å². The number of rotatable bonds is 4. The normalized spacial score (nSPS) is 17.2. The molecule has 4 nitrogen and oxygen atoms in total. The van der Waals surface area contributed by atoms with Crippen molar-refractivity contribution in [2.24, 2.45) is 0 Å². The largest absolute Gasteiger partial charge is 0.360 e. The lowest BCUT2D eigenvalue weighted by Crippen LogP contribution is -2.45. The Kier molecular flexibility index (Phi) is 4.58. The number of aromatic nitrogens is 1. The Morgan fingerprint density at radius 2 is 1.76 bits per heavy atom. The van der Waals surface area contributed by atoms with E-state index in [1.807, 2.05) is 31.2 Å². The summed E-state index contributed by atoms with van der Waals surface area (Å²) in [7, 11) is 0. The van der Waals surface area contributed by atoms with Crippen LogP contribution >= 0.6 is 11.6 Å².